The molecule has 4 rings (SSSR count). The Bertz CT molecular complexity index is 1270. The van der Waals surface area contributed by atoms with Gasteiger partial charge in [-0.05, 0) is 35.0 Å². The molecule has 0 spiro atoms. The molecule has 1 heterocycles. The molecule has 7 heteroatoms. The molecule has 1 N–H and O–H groups in total. The Labute approximate surface area is 175 Å². The first-order valence-electron chi connectivity index (χ1n) is 8.42. The second kappa shape index (κ2) is 7.80. The van der Waals surface area contributed by atoms with Gasteiger partial charge >= 0.3 is 0 Å². The Morgan fingerprint density at radius 1 is 1.07 bits per heavy atom. The van der Waals surface area contributed by atoms with Crippen molar-refractivity contribution in [3.63, 3.8) is 0 Å². The van der Waals surface area contributed by atoms with Gasteiger partial charge in [-0.25, -0.2) is 4.68 Å². The number of thiazole rings is 1. The van der Waals surface area contributed by atoms with Crippen molar-refractivity contribution < 1.29 is 5.11 Å². The molecule has 0 amide bonds. The normalized spacial score (nSPS) is 12.3. The lowest BCUT2D eigenvalue weighted by Crippen LogP contribution is -2.11. The molecule has 3 aromatic carbocycles. The molecule has 0 bridgehead atoms. The maximum Gasteiger partial charge on any atom is 0.205 e. The van der Waals surface area contributed by atoms with Crippen LogP contribution in [0.25, 0.3) is 22.0 Å². The van der Waals surface area contributed by atoms with Crippen molar-refractivity contribution in [2.45, 2.75) is 0 Å². The van der Waals surface area contributed by atoms with Gasteiger partial charge in [0, 0.05) is 28.6 Å². The van der Waals surface area contributed by atoms with Gasteiger partial charge in [0.15, 0.2) is 0 Å². The van der Waals surface area contributed by atoms with Crippen LogP contribution in [-0.2, 0) is 0 Å². The summed E-state index contributed by atoms with van der Waals surface area (Å²) >= 11 is 14.0. The molecule has 0 atom stereocenters. The smallest absolute Gasteiger partial charge is 0.205 e. The predicted octanol–water partition coefficient (Wildman–Crippen LogP) is 5.79. The molecule has 0 aliphatic carbocycles. The third-order valence-corrected chi connectivity index (χ3v) is 5.80. The number of phenols is 1. The van der Waals surface area contributed by atoms with Gasteiger partial charge in [0.2, 0.25) is 4.80 Å². The molecular weight excluding hydrogens is 413 g/mol. The number of hydrogen-bond donors (Lipinski definition) is 1. The first kappa shape index (κ1) is 18.7. The van der Waals surface area contributed by atoms with E-state index in [1.54, 1.807) is 42.2 Å². The van der Waals surface area contributed by atoms with Crippen molar-refractivity contribution in [1.82, 2.24) is 4.68 Å². The third kappa shape index (κ3) is 3.44. The molecule has 0 unspecified atom stereocenters. The minimum Gasteiger partial charge on any atom is -0.507 e. The van der Waals surface area contributed by atoms with Gasteiger partial charge in [-0.1, -0.05) is 53.5 Å². The number of aromatic nitrogens is 1. The lowest BCUT2D eigenvalue weighted by Gasteiger charge is -2.07. The average Bonchev–Trinajstić information content (AvgIpc) is 3.11. The third-order valence-electron chi connectivity index (χ3n) is 4.33. The number of halogens is 2. The fourth-order valence-electron chi connectivity index (χ4n) is 2.98. The Kier molecular flexibility index (Phi) is 5.22. The van der Waals surface area contributed by atoms with Crippen LogP contribution in [0.1, 0.15) is 5.56 Å². The van der Waals surface area contributed by atoms with Gasteiger partial charge in [-0.15, -0.1) is 11.3 Å². The van der Waals surface area contributed by atoms with Gasteiger partial charge in [-0.3, -0.25) is 4.99 Å². The van der Waals surface area contributed by atoms with E-state index in [0.717, 1.165) is 22.0 Å². The van der Waals surface area contributed by atoms with Crippen molar-refractivity contribution in [2.75, 3.05) is 7.05 Å². The summed E-state index contributed by atoms with van der Waals surface area (Å²) in [5.41, 5.74) is 2.18. The molecule has 0 fully saturated rings. The fourth-order valence-corrected chi connectivity index (χ4v) is 4.16. The van der Waals surface area contributed by atoms with Crippen molar-refractivity contribution in [2.24, 2.45) is 10.1 Å². The molecule has 0 saturated carbocycles. The number of rotatable bonds is 3. The van der Waals surface area contributed by atoms with E-state index in [4.69, 9.17) is 23.2 Å². The van der Waals surface area contributed by atoms with E-state index in [0.29, 0.717) is 20.4 Å². The second-order valence-corrected chi connectivity index (χ2v) is 7.71. The van der Waals surface area contributed by atoms with E-state index in [-0.39, 0.29) is 5.75 Å². The molecule has 4 nitrogen and oxygen atoms in total. The number of aromatic hydroxyl groups is 1. The topological polar surface area (TPSA) is 49.9 Å². The molecule has 28 heavy (non-hydrogen) atoms. The minimum atomic E-state index is 0.163. The first-order valence-corrected chi connectivity index (χ1v) is 10.1. The lowest BCUT2D eigenvalue weighted by atomic mass is 10.0. The number of nitrogens with zero attached hydrogens (tertiary/aromatic N) is 3. The molecule has 0 aliphatic rings. The zero-order chi connectivity index (χ0) is 19.7. The highest BCUT2D eigenvalue weighted by Gasteiger charge is 2.12. The Hall–Kier alpha value is -2.60. The zero-order valence-electron chi connectivity index (χ0n) is 14.8. The second-order valence-electron chi connectivity index (χ2n) is 6.03. The van der Waals surface area contributed by atoms with Gasteiger partial charge < -0.3 is 5.11 Å². The van der Waals surface area contributed by atoms with Crippen LogP contribution in [0.3, 0.4) is 0 Å². The fraction of sp³-hybridized carbons (Fsp3) is 0.0476. The number of fused-ring (bicyclic) bond motifs is 1. The minimum absolute atomic E-state index is 0.163. The summed E-state index contributed by atoms with van der Waals surface area (Å²) in [6.07, 6.45) is 1.64. The SMILES string of the molecule is CN=c1scc(-c2cc(Cl)ccc2Cl)n1N=Cc1c(O)ccc2ccccc12. The van der Waals surface area contributed by atoms with Crippen molar-refractivity contribution in [1.29, 1.82) is 0 Å². The molecule has 140 valence electrons. The zero-order valence-corrected chi connectivity index (χ0v) is 17.1. The molecule has 4 aromatic rings. The summed E-state index contributed by atoms with van der Waals surface area (Å²) in [6.45, 7) is 0. The van der Waals surface area contributed by atoms with E-state index in [1.807, 2.05) is 35.7 Å². The van der Waals surface area contributed by atoms with E-state index in [2.05, 4.69) is 10.1 Å². The summed E-state index contributed by atoms with van der Waals surface area (Å²) in [6, 6.07) is 16.7. The highest BCUT2D eigenvalue weighted by atomic mass is 35.5. The number of hydrogen-bond acceptors (Lipinski definition) is 4. The maximum atomic E-state index is 10.4. The largest absolute Gasteiger partial charge is 0.507 e. The molecule has 0 saturated heterocycles. The molecule has 0 radical (unpaired) electrons. The van der Waals surface area contributed by atoms with Gasteiger partial charge in [0.1, 0.15) is 5.75 Å². The van der Waals surface area contributed by atoms with Crippen molar-refractivity contribution >= 4 is 51.5 Å². The highest BCUT2D eigenvalue weighted by Crippen LogP contribution is 2.31. The van der Waals surface area contributed by atoms with Crippen molar-refractivity contribution in [3.05, 3.63) is 80.4 Å². The summed E-state index contributed by atoms with van der Waals surface area (Å²) in [5.74, 6) is 0.163. The monoisotopic (exact) mass is 427 g/mol. The van der Waals surface area contributed by atoms with E-state index < -0.39 is 0 Å². The van der Waals surface area contributed by atoms with Gasteiger partial charge in [-0.2, -0.15) is 5.10 Å². The van der Waals surface area contributed by atoms with Crippen LogP contribution in [0.15, 0.2) is 70.1 Å². The quantitative estimate of drug-likeness (QED) is 0.413. The van der Waals surface area contributed by atoms with Crippen LogP contribution in [0, 0.1) is 0 Å². The van der Waals surface area contributed by atoms with Crippen LogP contribution >= 0.6 is 34.5 Å². The molecule has 0 aliphatic heterocycles. The van der Waals surface area contributed by atoms with Crippen LogP contribution < -0.4 is 4.80 Å². The Morgan fingerprint density at radius 2 is 1.89 bits per heavy atom. The summed E-state index contributed by atoms with van der Waals surface area (Å²) < 4.78 is 1.70. The van der Waals surface area contributed by atoms with Crippen molar-refractivity contribution in [3.8, 4) is 17.0 Å². The van der Waals surface area contributed by atoms with Crippen LogP contribution in [-0.4, -0.2) is 23.0 Å². The Morgan fingerprint density at radius 3 is 2.71 bits per heavy atom. The summed E-state index contributed by atoms with van der Waals surface area (Å²) in [5, 5.41) is 20.0. The maximum absolute atomic E-state index is 10.4. The van der Waals surface area contributed by atoms with E-state index in [1.165, 1.54) is 11.3 Å². The van der Waals surface area contributed by atoms with Gasteiger partial charge in [0.05, 0.1) is 16.9 Å². The highest BCUT2D eigenvalue weighted by molar-refractivity contribution is 7.07. The first-order chi connectivity index (χ1) is 13.6. The summed E-state index contributed by atoms with van der Waals surface area (Å²) in [7, 11) is 1.70. The Balaban J connectivity index is 1.89. The van der Waals surface area contributed by atoms with E-state index in [9.17, 15) is 5.11 Å². The molecule has 1 aromatic heterocycles. The predicted molar refractivity (Wildman–Crippen MR) is 118 cm³/mol. The number of phenolic OH excluding ortho intramolecular Hbond substituents is 1. The lowest BCUT2D eigenvalue weighted by molar-refractivity contribution is 0.475. The summed E-state index contributed by atoms with van der Waals surface area (Å²) in [4.78, 5) is 4.99. The van der Waals surface area contributed by atoms with Crippen LogP contribution in [0.5, 0.6) is 5.75 Å². The van der Waals surface area contributed by atoms with Crippen LogP contribution in [0.2, 0.25) is 10.0 Å². The standard InChI is InChI=1S/C21H15Cl2N3OS/c1-24-21-26(19(12-28-21)16-10-14(22)7-8-18(16)23)25-11-17-15-5-3-2-4-13(15)6-9-20(17)27/h2-12,27H,1H3. The van der Waals surface area contributed by atoms with Gasteiger partial charge in [0.25, 0.3) is 0 Å². The van der Waals surface area contributed by atoms with E-state index >= 15 is 0 Å². The van der Waals surface area contributed by atoms with Crippen LogP contribution in [0.4, 0.5) is 0 Å². The molecular formula is C21H15Cl2N3OS. The average molecular weight is 428 g/mol. The number of benzene rings is 3.